The summed E-state index contributed by atoms with van der Waals surface area (Å²) in [6, 6.07) is 4.91. The molecule has 2 unspecified atom stereocenters. The third-order valence-electron chi connectivity index (χ3n) is 3.51. The molecule has 1 aromatic heterocycles. The van der Waals surface area contributed by atoms with Gasteiger partial charge in [-0.1, -0.05) is 11.6 Å². The van der Waals surface area contributed by atoms with Crippen molar-refractivity contribution in [1.82, 2.24) is 20.0 Å². The zero-order chi connectivity index (χ0) is 12.4. The van der Waals surface area contributed by atoms with Gasteiger partial charge in [-0.3, -0.25) is 9.80 Å². The number of aromatic nitrogens is 2. The van der Waals surface area contributed by atoms with Crippen LogP contribution in [0.15, 0.2) is 12.1 Å². The first-order valence-corrected chi connectivity index (χ1v) is 6.36. The Balaban J connectivity index is 1.98. The molecule has 2 rings (SSSR count). The Morgan fingerprint density at radius 1 is 1.24 bits per heavy atom. The standard InChI is InChI=1S/C12H19ClN4/c1-9-6-17(7-10(2)16(9)3)8-11-4-5-12(13)15-14-11/h4-5,9-10H,6-8H2,1-3H3. The van der Waals surface area contributed by atoms with Crippen LogP contribution in [0.3, 0.4) is 0 Å². The van der Waals surface area contributed by atoms with Gasteiger partial charge < -0.3 is 0 Å². The summed E-state index contributed by atoms with van der Waals surface area (Å²) in [5, 5.41) is 8.43. The third kappa shape index (κ3) is 3.15. The lowest BCUT2D eigenvalue weighted by Crippen LogP contribution is -2.54. The van der Waals surface area contributed by atoms with Gasteiger partial charge in [0, 0.05) is 31.7 Å². The molecule has 5 heteroatoms. The molecule has 0 amide bonds. The molecule has 0 saturated carbocycles. The van der Waals surface area contributed by atoms with Crippen molar-refractivity contribution in [1.29, 1.82) is 0 Å². The number of halogens is 1. The fourth-order valence-corrected chi connectivity index (χ4v) is 2.40. The van der Waals surface area contributed by atoms with E-state index in [4.69, 9.17) is 11.6 Å². The van der Waals surface area contributed by atoms with E-state index in [0.29, 0.717) is 17.2 Å². The van der Waals surface area contributed by atoms with Gasteiger partial charge in [-0.05, 0) is 33.0 Å². The molecule has 0 aromatic carbocycles. The van der Waals surface area contributed by atoms with E-state index < -0.39 is 0 Å². The second kappa shape index (κ2) is 5.29. The smallest absolute Gasteiger partial charge is 0.151 e. The highest BCUT2D eigenvalue weighted by atomic mass is 35.5. The molecule has 0 aliphatic carbocycles. The number of rotatable bonds is 2. The van der Waals surface area contributed by atoms with E-state index in [1.165, 1.54) is 0 Å². The first kappa shape index (κ1) is 12.7. The van der Waals surface area contributed by atoms with Crippen molar-refractivity contribution in [3.63, 3.8) is 0 Å². The zero-order valence-corrected chi connectivity index (χ0v) is 11.4. The van der Waals surface area contributed by atoms with Gasteiger partial charge in [0.25, 0.3) is 0 Å². The molecule has 0 radical (unpaired) electrons. The van der Waals surface area contributed by atoms with Crippen molar-refractivity contribution in [2.45, 2.75) is 32.5 Å². The van der Waals surface area contributed by atoms with Crippen molar-refractivity contribution < 1.29 is 0 Å². The second-order valence-electron chi connectivity index (χ2n) is 4.90. The predicted molar refractivity (Wildman–Crippen MR) is 69.0 cm³/mol. The molecule has 1 saturated heterocycles. The summed E-state index contributed by atoms with van der Waals surface area (Å²) < 4.78 is 0. The van der Waals surface area contributed by atoms with Crippen LogP contribution < -0.4 is 0 Å². The lowest BCUT2D eigenvalue weighted by molar-refractivity contribution is 0.0548. The van der Waals surface area contributed by atoms with Gasteiger partial charge in [-0.15, -0.1) is 5.10 Å². The monoisotopic (exact) mass is 254 g/mol. The van der Waals surface area contributed by atoms with E-state index in [9.17, 15) is 0 Å². The Labute approximate surface area is 108 Å². The van der Waals surface area contributed by atoms with Crippen LogP contribution in [-0.4, -0.2) is 52.2 Å². The molecule has 2 atom stereocenters. The van der Waals surface area contributed by atoms with Crippen LogP contribution in [0.5, 0.6) is 0 Å². The molecule has 2 heterocycles. The molecule has 1 aliphatic heterocycles. The van der Waals surface area contributed by atoms with E-state index in [2.05, 4.69) is 40.9 Å². The van der Waals surface area contributed by atoms with E-state index >= 15 is 0 Å². The summed E-state index contributed by atoms with van der Waals surface area (Å²) in [6.45, 7) is 7.52. The maximum Gasteiger partial charge on any atom is 0.151 e. The van der Waals surface area contributed by atoms with Crippen molar-refractivity contribution >= 4 is 11.6 Å². The minimum absolute atomic E-state index is 0.453. The Morgan fingerprint density at radius 3 is 2.41 bits per heavy atom. The minimum Gasteiger partial charge on any atom is -0.298 e. The lowest BCUT2D eigenvalue weighted by Gasteiger charge is -2.42. The summed E-state index contributed by atoms with van der Waals surface area (Å²) >= 11 is 5.73. The Bertz CT molecular complexity index is 355. The maximum absolute atomic E-state index is 5.73. The van der Waals surface area contributed by atoms with Gasteiger partial charge in [0.05, 0.1) is 5.69 Å². The molecule has 0 spiro atoms. The van der Waals surface area contributed by atoms with Gasteiger partial charge in [0.2, 0.25) is 0 Å². The third-order valence-corrected chi connectivity index (χ3v) is 3.71. The first-order valence-electron chi connectivity index (χ1n) is 5.98. The van der Waals surface area contributed by atoms with E-state index in [1.807, 2.05) is 6.07 Å². The molecule has 17 heavy (non-hydrogen) atoms. The molecule has 0 bridgehead atoms. The fourth-order valence-electron chi connectivity index (χ4n) is 2.30. The minimum atomic E-state index is 0.453. The highest BCUT2D eigenvalue weighted by Gasteiger charge is 2.26. The van der Waals surface area contributed by atoms with E-state index in [0.717, 1.165) is 25.3 Å². The molecule has 1 fully saturated rings. The molecule has 0 N–H and O–H groups in total. The summed E-state index contributed by atoms with van der Waals surface area (Å²) in [7, 11) is 2.19. The quantitative estimate of drug-likeness (QED) is 0.804. The topological polar surface area (TPSA) is 32.3 Å². The van der Waals surface area contributed by atoms with Gasteiger partial charge in [0.15, 0.2) is 5.15 Å². The van der Waals surface area contributed by atoms with Crippen LogP contribution in [0.25, 0.3) is 0 Å². The SMILES string of the molecule is CC1CN(Cc2ccc(Cl)nn2)CC(C)N1C. The average Bonchev–Trinajstić information content (AvgIpc) is 2.29. The van der Waals surface area contributed by atoms with Crippen LogP contribution in [0, 0.1) is 0 Å². The Kier molecular flexibility index (Phi) is 3.97. The van der Waals surface area contributed by atoms with E-state index in [1.54, 1.807) is 6.07 Å². The van der Waals surface area contributed by atoms with Crippen LogP contribution in [0.2, 0.25) is 5.15 Å². The summed E-state index contributed by atoms with van der Waals surface area (Å²) in [5.41, 5.74) is 0.985. The summed E-state index contributed by atoms with van der Waals surface area (Å²) in [6.07, 6.45) is 0. The van der Waals surface area contributed by atoms with Crippen molar-refractivity contribution in [3.05, 3.63) is 23.0 Å². The average molecular weight is 255 g/mol. The molecular weight excluding hydrogens is 236 g/mol. The van der Waals surface area contributed by atoms with Gasteiger partial charge in [-0.25, -0.2) is 0 Å². The first-order chi connectivity index (χ1) is 8.06. The van der Waals surface area contributed by atoms with Crippen molar-refractivity contribution in [2.24, 2.45) is 0 Å². The fraction of sp³-hybridized carbons (Fsp3) is 0.667. The highest BCUT2D eigenvalue weighted by molar-refractivity contribution is 6.29. The van der Waals surface area contributed by atoms with Gasteiger partial charge >= 0.3 is 0 Å². The maximum atomic E-state index is 5.73. The predicted octanol–water partition coefficient (Wildman–Crippen LogP) is 1.65. The van der Waals surface area contributed by atoms with Crippen LogP contribution >= 0.6 is 11.6 Å². The molecule has 94 valence electrons. The van der Waals surface area contributed by atoms with Crippen molar-refractivity contribution in [2.75, 3.05) is 20.1 Å². The normalized spacial score (nSPS) is 27.3. The van der Waals surface area contributed by atoms with Gasteiger partial charge in [-0.2, -0.15) is 5.10 Å². The number of piperazine rings is 1. The molecule has 1 aliphatic rings. The van der Waals surface area contributed by atoms with E-state index in [-0.39, 0.29) is 0 Å². The van der Waals surface area contributed by atoms with Crippen LogP contribution in [0.4, 0.5) is 0 Å². The number of likely N-dealkylation sites (N-methyl/N-ethyl adjacent to an activating group) is 1. The molecule has 4 nitrogen and oxygen atoms in total. The van der Waals surface area contributed by atoms with Crippen LogP contribution in [0.1, 0.15) is 19.5 Å². The number of nitrogens with zero attached hydrogens (tertiary/aromatic N) is 4. The summed E-state index contributed by atoms with van der Waals surface area (Å²) in [5.74, 6) is 0. The lowest BCUT2D eigenvalue weighted by atomic mass is 10.1. The van der Waals surface area contributed by atoms with Gasteiger partial charge in [0.1, 0.15) is 0 Å². The Morgan fingerprint density at radius 2 is 1.88 bits per heavy atom. The van der Waals surface area contributed by atoms with Crippen molar-refractivity contribution in [3.8, 4) is 0 Å². The van der Waals surface area contributed by atoms with Crippen LogP contribution in [-0.2, 0) is 6.54 Å². The zero-order valence-electron chi connectivity index (χ0n) is 10.6. The number of hydrogen-bond donors (Lipinski definition) is 0. The molecular formula is C12H19ClN4. The highest BCUT2D eigenvalue weighted by Crippen LogP contribution is 2.15. The number of hydrogen-bond acceptors (Lipinski definition) is 4. The largest absolute Gasteiger partial charge is 0.298 e. The Hall–Kier alpha value is -0.710. The molecule has 1 aromatic rings. The second-order valence-corrected chi connectivity index (χ2v) is 5.29. The summed E-state index contributed by atoms with van der Waals surface area (Å²) in [4.78, 5) is 4.84.